The van der Waals surface area contributed by atoms with Crippen LogP contribution in [0.15, 0.2) is 60.9 Å². The molecule has 2 aromatic heterocycles. The lowest BCUT2D eigenvalue weighted by molar-refractivity contribution is 0.0312. The summed E-state index contributed by atoms with van der Waals surface area (Å²) in [6.45, 7) is 4.04. The first-order chi connectivity index (χ1) is 14.2. The fourth-order valence-electron chi connectivity index (χ4n) is 4.27. The van der Waals surface area contributed by atoms with E-state index < -0.39 is 0 Å². The number of halogens is 2. The number of ether oxygens (including phenoxy) is 1. The van der Waals surface area contributed by atoms with Gasteiger partial charge in [0.05, 0.1) is 0 Å². The number of nitrogens with zero attached hydrogens (tertiary/aromatic N) is 1. The van der Waals surface area contributed by atoms with Gasteiger partial charge in [0, 0.05) is 57.9 Å². The van der Waals surface area contributed by atoms with Crippen molar-refractivity contribution < 1.29 is 4.74 Å². The molecule has 0 aliphatic carbocycles. The van der Waals surface area contributed by atoms with E-state index in [0.717, 1.165) is 53.1 Å². The number of rotatable bonds is 5. The van der Waals surface area contributed by atoms with Crippen LogP contribution in [0, 0.1) is 0 Å². The van der Waals surface area contributed by atoms with Gasteiger partial charge in [-0.05, 0) is 54.8 Å². The molecule has 4 aromatic rings. The van der Waals surface area contributed by atoms with E-state index in [0.29, 0.717) is 0 Å². The zero-order valence-corrected chi connectivity index (χ0v) is 18.4. The molecule has 6 heteroatoms. The Balaban J connectivity index is 0.00000218. The molecule has 3 heterocycles. The smallest absolute Gasteiger partial charge is 0.152 e. The van der Waals surface area contributed by atoms with Crippen LogP contribution in [0.25, 0.3) is 27.4 Å². The average molecular weight is 442 g/mol. The highest BCUT2D eigenvalue weighted by Crippen LogP contribution is 2.32. The van der Waals surface area contributed by atoms with Crippen molar-refractivity contribution >= 4 is 51.4 Å². The second-order valence-electron chi connectivity index (χ2n) is 7.54. The molecule has 0 spiro atoms. The SMILES string of the molecule is CCC(Oc1cccc2[nH]ccc12)N1CC=C(c2c[nH]c3ccc(Cl)cc23)CC1.Cl. The average Bonchev–Trinajstić information content (AvgIpc) is 3.39. The molecule has 0 bridgehead atoms. The maximum absolute atomic E-state index is 6.44. The molecular formula is C24H25Cl2N3O. The fraction of sp³-hybridized carbons (Fsp3) is 0.250. The molecular weight excluding hydrogens is 417 g/mol. The van der Waals surface area contributed by atoms with E-state index >= 15 is 0 Å². The molecule has 5 rings (SSSR count). The molecule has 0 amide bonds. The van der Waals surface area contributed by atoms with E-state index in [1.807, 2.05) is 30.5 Å². The Morgan fingerprint density at radius 2 is 1.97 bits per heavy atom. The number of H-pyrrole nitrogens is 2. The van der Waals surface area contributed by atoms with Crippen LogP contribution in [0.3, 0.4) is 0 Å². The molecule has 4 nitrogen and oxygen atoms in total. The molecule has 0 saturated heterocycles. The minimum atomic E-state index is 0. The minimum Gasteiger partial charge on any atom is -0.474 e. The summed E-state index contributed by atoms with van der Waals surface area (Å²) in [7, 11) is 0. The molecule has 30 heavy (non-hydrogen) atoms. The topological polar surface area (TPSA) is 44.0 Å². The lowest BCUT2D eigenvalue weighted by Crippen LogP contribution is -2.41. The zero-order valence-electron chi connectivity index (χ0n) is 16.8. The van der Waals surface area contributed by atoms with Crippen LogP contribution in [0.5, 0.6) is 5.75 Å². The standard InChI is InChI=1S/C24H24ClN3O.ClH/c1-2-24(29-23-5-3-4-21-18(23)8-11-26-21)28-12-9-16(10-13-28)20-15-27-22-7-6-17(25)14-19(20)22;/h3-9,11,14-15,24,26-27H,2,10,12-13H2,1H3;1H. The Hall–Kier alpha value is -2.40. The van der Waals surface area contributed by atoms with Crippen LogP contribution < -0.4 is 4.74 Å². The number of nitrogens with one attached hydrogen (secondary N) is 2. The summed E-state index contributed by atoms with van der Waals surface area (Å²) in [5.41, 5.74) is 4.86. The van der Waals surface area contributed by atoms with Crippen molar-refractivity contribution in [2.24, 2.45) is 0 Å². The summed E-state index contributed by atoms with van der Waals surface area (Å²) in [6.07, 6.45) is 8.38. The third-order valence-electron chi connectivity index (χ3n) is 5.80. The molecule has 2 N–H and O–H groups in total. The van der Waals surface area contributed by atoms with Crippen molar-refractivity contribution in [3.63, 3.8) is 0 Å². The van der Waals surface area contributed by atoms with Crippen molar-refractivity contribution in [1.29, 1.82) is 0 Å². The number of aromatic amines is 2. The van der Waals surface area contributed by atoms with E-state index in [4.69, 9.17) is 16.3 Å². The predicted octanol–water partition coefficient (Wildman–Crippen LogP) is 6.63. The molecule has 1 atom stereocenters. The molecule has 0 fully saturated rings. The van der Waals surface area contributed by atoms with E-state index in [-0.39, 0.29) is 18.6 Å². The zero-order chi connectivity index (χ0) is 19.8. The minimum absolute atomic E-state index is 0. The largest absolute Gasteiger partial charge is 0.474 e. The maximum atomic E-state index is 6.44. The van der Waals surface area contributed by atoms with Gasteiger partial charge in [-0.2, -0.15) is 0 Å². The highest BCUT2D eigenvalue weighted by atomic mass is 35.5. The summed E-state index contributed by atoms with van der Waals surface area (Å²) < 4.78 is 6.44. The number of aromatic nitrogens is 2. The summed E-state index contributed by atoms with van der Waals surface area (Å²) in [5, 5.41) is 3.10. The Morgan fingerprint density at radius 1 is 1.10 bits per heavy atom. The number of hydrogen-bond acceptors (Lipinski definition) is 2. The first kappa shape index (κ1) is 20.9. The third kappa shape index (κ3) is 3.83. The normalized spacial score (nSPS) is 15.7. The highest BCUT2D eigenvalue weighted by molar-refractivity contribution is 6.31. The lowest BCUT2D eigenvalue weighted by Gasteiger charge is -2.33. The maximum Gasteiger partial charge on any atom is 0.152 e. The lowest BCUT2D eigenvalue weighted by atomic mass is 9.98. The molecule has 1 unspecified atom stereocenters. The Bertz CT molecular complexity index is 1190. The van der Waals surface area contributed by atoms with Gasteiger partial charge in [-0.3, -0.25) is 4.90 Å². The second kappa shape index (κ2) is 8.76. The first-order valence-electron chi connectivity index (χ1n) is 10.2. The van der Waals surface area contributed by atoms with Crippen molar-refractivity contribution in [2.45, 2.75) is 26.0 Å². The summed E-state index contributed by atoms with van der Waals surface area (Å²) >= 11 is 6.22. The Morgan fingerprint density at radius 3 is 2.77 bits per heavy atom. The van der Waals surface area contributed by atoms with Crippen molar-refractivity contribution in [3.05, 3.63) is 71.5 Å². The quantitative estimate of drug-likeness (QED) is 0.364. The van der Waals surface area contributed by atoms with Gasteiger partial charge in [-0.15, -0.1) is 12.4 Å². The summed E-state index contributed by atoms with van der Waals surface area (Å²) in [5.74, 6) is 0.941. The Kier molecular flexibility index (Phi) is 6.09. The monoisotopic (exact) mass is 441 g/mol. The van der Waals surface area contributed by atoms with Gasteiger partial charge < -0.3 is 14.7 Å². The predicted molar refractivity (Wildman–Crippen MR) is 128 cm³/mol. The van der Waals surface area contributed by atoms with Crippen molar-refractivity contribution in [1.82, 2.24) is 14.9 Å². The molecule has 1 aliphatic heterocycles. The van der Waals surface area contributed by atoms with E-state index in [9.17, 15) is 0 Å². The van der Waals surface area contributed by atoms with Gasteiger partial charge in [0.15, 0.2) is 6.23 Å². The number of benzene rings is 2. The fourth-order valence-corrected chi connectivity index (χ4v) is 4.44. The van der Waals surface area contributed by atoms with Gasteiger partial charge in [0.1, 0.15) is 5.75 Å². The summed E-state index contributed by atoms with van der Waals surface area (Å²) in [6, 6.07) is 14.3. The van der Waals surface area contributed by atoms with Crippen molar-refractivity contribution in [2.75, 3.05) is 13.1 Å². The van der Waals surface area contributed by atoms with Gasteiger partial charge in [-0.1, -0.05) is 30.7 Å². The second-order valence-corrected chi connectivity index (χ2v) is 7.98. The van der Waals surface area contributed by atoms with Gasteiger partial charge in [0.2, 0.25) is 0 Å². The van der Waals surface area contributed by atoms with Crippen LogP contribution in [0.1, 0.15) is 25.3 Å². The number of hydrogen-bond donors (Lipinski definition) is 2. The van der Waals surface area contributed by atoms with Gasteiger partial charge >= 0.3 is 0 Å². The Labute approximate surface area is 187 Å². The highest BCUT2D eigenvalue weighted by Gasteiger charge is 2.23. The molecule has 2 aromatic carbocycles. The van der Waals surface area contributed by atoms with E-state index in [1.165, 1.54) is 16.5 Å². The third-order valence-corrected chi connectivity index (χ3v) is 6.04. The molecule has 156 valence electrons. The molecule has 0 saturated carbocycles. The van der Waals surface area contributed by atoms with E-state index in [1.54, 1.807) is 0 Å². The van der Waals surface area contributed by atoms with Crippen LogP contribution >= 0.6 is 24.0 Å². The van der Waals surface area contributed by atoms with Crippen LogP contribution in [-0.4, -0.2) is 34.2 Å². The molecule has 1 aliphatic rings. The number of fused-ring (bicyclic) bond motifs is 2. The van der Waals surface area contributed by atoms with Crippen LogP contribution in [0.4, 0.5) is 0 Å². The van der Waals surface area contributed by atoms with Crippen LogP contribution in [-0.2, 0) is 0 Å². The molecule has 0 radical (unpaired) electrons. The van der Waals surface area contributed by atoms with Crippen molar-refractivity contribution in [3.8, 4) is 5.75 Å². The van der Waals surface area contributed by atoms with E-state index in [2.05, 4.69) is 52.3 Å². The van der Waals surface area contributed by atoms with Gasteiger partial charge in [-0.25, -0.2) is 0 Å². The summed E-state index contributed by atoms with van der Waals surface area (Å²) in [4.78, 5) is 9.03. The first-order valence-corrected chi connectivity index (χ1v) is 10.5. The van der Waals surface area contributed by atoms with Gasteiger partial charge in [0.25, 0.3) is 0 Å². The van der Waals surface area contributed by atoms with Crippen LogP contribution in [0.2, 0.25) is 5.02 Å².